The molecular weight excluding hydrogens is 400 g/mol. The second-order valence-corrected chi connectivity index (χ2v) is 12.6. The zero-order valence-electron chi connectivity index (χ0n) is 21.2. The van der Waals surface area contributed by atoms with Crippen LogP contribution in [-0.4, -0.2) is 36.0 Å². The lowest BCUT2D eigenvalue weighted by molar-refractivity contribution is -0.200. The summed E-state index contributed by atoms with van der Waals surface area (Å²) in [6.45, 7) is 9.98. The Balaban J connectivity index is 1.58. The SMILES string of the molecule is CC[C@H]1[C@@H](O)[C@@H]2[C@H](CC[C@]3(C)[C@@H]([C@H](C)CCC(=O)OC)CC[C@@H]23)[C@@]2(C)CC[C@@H](CO)C[C@@H]12. The lowest BCUT2D eigenvalue weighted by atomic mass is 9.41. The number of ether oxygens (including phenoxy) is 1. The van der Waals surface area contributed by atoms with Crippen LogP contribution in [0.1, 0.15) is 91.9 Å². The molecule has 0 heterocycles. The van der Waals surface area contributed by atoms with Crippen molar-refractivity contribution in [2.24, 2.45) is 58.2 Å². The summed E-state index contributed by atoms with van der Waals surface area (Å²) in [4.78, 5) is 11.7. The summed E-state index contributed by atoms with van der Waals surface area (Å²) in [5, 5.41) is 21.7. The Hall–Kier alpha value is -0.610. The normalized spacial score (nSPS) is 49.0. The molecule has 0 aromatic rings. The molecule has 0 spiro atoms. The van der Waals surface area contributed by atoms with Crippen LogP contribution in [0, 0.1) is 58.2 Å². The van der Waals surface area contributed by atoms with E-state index in [9.17, 15) is 15.0 Å². The number of rotatable bonds is 6. The van der Waals surface area contributed by atoms with E-state index in [1.165, 1.54) is 39.2 Å². The number of carbonyl (C=O) groups excluding carboxylic acids is 1. The van der Waals surface area contributed by atoms with E-state index in [1.54, 1.807) is 0 Å². The molecule has 11 atom stereocenters. The van der Waals surface area contributed by atoms with E-state index in [-0.39, 0.29) is 17.5 Å². The van der Waals surface area contributed by atoms with Gasteiger partial charge in [0, 0.05) is 13.0 Å². The summed E-state index contributed by atoms with van der Waals surface area (Å²) in [5.41, 5.74) is 0.591. The Morgan fingerprint density at radius 1 is 1.06 bits per heavy atom. The molecule has 4 rings (SSSR count). The van der Waals surface area contributed by atoms with Crippen LogP contribution < -0.4 is 0 Å². The van der Waals surface area contributed by atoms with Gasteiger partial charge in [-0.1, -0.05) is 34.1 Å². The lowest BCUT2D eigenvalue weighted by Gasteiger charge is -2.65. The molecule has 0 aromatic carbocycles. The smallest absolute Gasteiger partial charge is 0.305 e. The molecule has 0 unspecified atom stereocenters. The molecule has 0 saturated heterocycles. The minimum atomic E-state index is -0.200. The first-order valence-corrected chi connectivity index (χ1v) is 13.6. The molecule has 4 aliphatic carbocycles. The van der Waals surface area contributed by atoms with Gasteiger partial charge in [-0.05, 0) is 110 Å². The van der Waals surface area contributed by atoms with Crippen LogP contribution in [-0.2, 0) is 9.53 Å². The largest absolute Gasteiger partial charge is 0.469 e. The zero-order valence-corrected chi connectivity index (χ0v) is 21.2. The van der Waals surface area contributed by atoms with Gasteiger partial charge in [-0.2, -0.15) is 0 Å². The molecule has 2 N–H and O–H groups in total. The van der Waals surface area contributed by atoms with Crippen molar-refractivity contribution in [3.63, 3.8) is 0 Å². The van der Waals surface area contributed by atoms with E-state index in [4.69, 9.17) is 4.74 Å². The zero-order chi connectivity index (χ0) is 23.3. The molecule has 4 aliphatic rings. The van der Waals surface area contributed by atoms with Gasteiger partial charge in [-0.15, -0.1) is 0 Å². The fourth-order valence-electron chi connectivity index (χ4n) is 9.85. The Kier molecular flexibility index (Phi) is 7.05. The van der Waals surface area contributed by atoms with E-state index < -0.39 is 0 Å². The van der Waals surface area contributed by atoms with Gasteiger partial charge >= 0.3 is 5.97 Å². The standard InChI is InChI=1S/C28H48O4/c1-6-19-23-15-18(16-29)11-13-28(23,4)22-12-14-27(3)20(17(2)7-10-24(30)32-5)8-9-21(27)25(22)26(19)31/h17-23,25-26,29,31H,6-16H2,1-5H3/t17-,18-,19-,20-,21+,22+,23+,25+,26-,27-,28-/m1/s1. The van der Waals surface area contributed by atoms with Crippen molar-refractivity contribution >= 4 is 5.97 Å². The van der Waals surface area contributed by atoms with Gasteiger partial charge in [0.2, 0.25) is 0 Å². The van der Waals surface area contributed by atoms with Gasteiger partial charge in [-0.3, -0.25) is 4.79 Å². The molecule has 0 aliphatic heterocycles. The van der Waals surface area contributed by atoms with Crippen molar-refractivity contribution in [3.8, 4) is 0 Å². The number of aliphatic hydroxyl groups is 2. The highest BCUT2D eigenvalue weighted by molar-refractivity contribution is 5.69. The minimum absolute atomic E-state index is 0.0915. The van der Waals surface area contributed by atoms with Crippen LogP contribution >= 0.6 is 0 Å². The van der Waals surface area contributed by atoms with Gasteiger partial charge in [-0.25, -0.2) is 0 Å². The summed E-state index contributed by atoms with van der Waals surface area (Å²) in [6.07, 6.45) is 10.7. The van der Waals surface area contributed by atoms with Crippen molar-refractivity contribution in [3.05, 3.63) is 0 Å². The number of hydrogen-bond donors (Lipinski definition) is 2. The lowest BCUT2D eigenvalue weighted by Crippen LogP contribution is -2.62. The van der Waals surface area contributed by atoms with Crippen molar-refractivity contribution in [2.75, 3.05) is 13.7 Å². The summed E-state index contributed by atoms with van der Waals surface area (Å²) in [5.74, 6) is 4.05. The fraction of sp³-hybridized carbons (Fsp3) is 0.964. The van der Waals surface area contributed by atoms with Gasteiger partial charge in [0.1, 0.15) is 0 Å². The van der Waals surface area contributed by atoms with Crippen molar-refractivity contribution in [2.45, 2.75) is 98.0 Å². The van der Waals surface area contributed by atoms with E-state index >= 15 is 0 Å². The second-order valence-electron chi connectivity index (χ2n) is 12.6. The quantitative estimate of drug-likeness (QED) is 0.530. The van der Waals surface area contributed by atoms with Crippen molar-refractivity contribution in [1.29, 1.82) is 0 Å². The summed E-state index contributed by atoms with van der Waals surface area (Å²) in [6, 6.07) is 0. The molecule has 4 heteroatoms. The third-order valence-electron chi connectivity index (χ3n) is 11.6. The molecule has 32 heavy (non-hydrogen) atoms. The number of methoxy groups -OCH3 is 1. The number of carbonyl (C=O) groups is 1. The fourth-order valence-corrected chi connectivity index (χ4v) is 9.85. The van der Waals surface area contributed by atoms with Gasteiger partial charge in [0.25, 0.3) is 0 Å². The monoisotopic (exact) mass is 448 g/mol. The number of aliphatic hydroxyl groups excluding tert-OH is 2. The maximum atomic E-state index is 11.8. The summed E-state index contributed by atoms with van der Waals surface area (Å²) in [7, 11) is 1.48. The van der Waals surface area contributed by atoms with Crippen LogP contribution in [0.2, 0.25) is 0 Å². The second kappa shape index (κ2) is 9.21. The number of hydrogen-bond acceptors (Lipinski definition) is 4. The van der Waals surface area contributed by atoms with E-state index in [0.717, 1.165) is 25.7 Å². The summed E-state index contributed by atoms with van der Waals surface area (Å²) >= 11 is 0. The first-order valence-electron chi connectivity index (χ1n) is 13.6. The molecule has 4 saturated carbocycles. The number of esters is 1. The van der Waals surface area contributed by atoms with Crippen LogP contribution in [0.25, 0.3) is 0 Å². The highest BCUT2D eigenvalue weighted by Crippen LogP contribution is 2.69. The summed E-state index contributed by atoms with van der Waals surface area (Å²) < 4.78 is 4.89. The first-order chi connectivity index (χ1) is 15.2. The van der Waals surface area contributed by atoms with Gasteiger partial charge in [0.05, 0.1) is 13.2 Å². The Bertz CT molecular complexity index is 678. The first kappa shape index (κ1) is 24.5. The van der Waals surface area contributed by atoms with Crippen LogP contribution in [0.3, 0.4) is 0 Å². The highest BCUT2D eigenvalue weighted by atomic mass is 16.5. The average Bonchev–Trinajstić information content (AvgIpc) is 3.14. The Labute approximate surface area is 195 Å². The Morgan fingerprint density at radius 2 is 1.75 bits per heavy atom. The van der Waals surface area contributed by atoms with E-state index in [2.05, 4.69) is 27.7 Å². The van der Waals surface area contributed by atoms with Crippen LogP contribution in [0.5, 0.6) is 0 Å². The maximum Gasteiger partial charge on any atom is 0.305 e. The molecule has 4 fully saturated rings. The predicted octanol–water partition coefficient (Wildman–Crippen LogP) is 5.45. The minimum Gasteiger partial charge on any atom is -0.469 e. The van der Waals surface area contributed by atoms with Crippen LogP contribution in [0.15, 0.2) is 0 Å². The average molecular weight is 449 g/mol. The van der Waals surface area contributed by atoms with E-state index in [1.807, 2.05) is 0 Å². The molecule has 4 nitrogen and oxygen atoms in total. The third-order valence-corrected chi connectivity index (χ3v) is 11.6. The molecule has 184 valence electrons. The predicted molar refractivity (Wildman–Crippen MR) is 127 cm³/mol. The van der Waals surface area contributed by atoms with Crippen molar-refractivity contribution in [1.82, 2.24) is 0 Å². The number of fused-ring (bicyclic) bond motifs is 5. The topological polar surface area (TPSA) is 66.8 Å². The maximum absolute atomic E-state index is 11.8. The molecule has 0 aromatic heterocycles. The highest BCUT2D eigenvalue weighted by Gasteiger charge is 2.64. The van der Waals surface area contributed by atoms with E-state index in [0.29, 0.717) is 65.8 Å². The van der Waals surface area contributed by atoms with Gasteiger partial charge in [0.15, 0.2) is 0 Å². The molecule has 0 amide bonds. The molecule has 0 bridgehead atoms. The Morgan fingerprint density at radius 3 is 2.41 bits per heavy atom. The van der Waals surface area contributed by atoms with Crippen molar-refractivity contribution < 1.29 is 19.7 Å². The molecular formula is C28H48O4. The van der Waals surface area contributed by atoms with Crippen LogP contribution in [0.4, 0.5) is 0 Å². The molecule has 0 radical (unpaired) electrons. The van der Waals surface area contributed by atoms with Gasteiger partial charge < -0.3 is 14.9 Å². The third kappa shape index (κ3) is 3.76.